The molecule has 3 aliphatic rings. The van der Waals surface area contributed by atoms with Gasteiger partial charge >= 0.3 is 0 Å². The molecule has 3 N–H and O–H groups in total. The van der Waals surface area contributed by atoms with E-state index in [9.17, 15) is 9.59 Å². The highest BCUT2D eigenvalue weighted by atomic mass is 16.2. The molecule has 3 fully saturated rings. The Balaban J connectivity index is 1.51. The quantitative estimate of drug-likeness (QED) is 0.700. The summed E-state index contributed by atoms with van der Waals surface area (Å²) >= 11 is 0. The molecule has 0 aromatic heterocycles. The Bertz CT molecular complexity index is 452. The van der Waals surface area contributed by atoms with E-state index in [2.05, 4.69) is 17.1 Å². The number of nitrogens with zero attached hydrogens (tertiary/aromatic N) is 2. The molecule has 0 radical (unpaired) electrons. The number of carbonyl (C=O) groups is 2. The lowest BCUT2D eigenvalue weighted by Gasteiger charge is -2.27. The molecular weight excluding hydrogens is 292 g/mol. The van der Waals surface area contributed by atoms with Crippen LogP contribution in [0, 0.1) is 11.8 Å². The largest absolute Gasteiger partial charge is 0.352 e. The van der Waals surface area contributed by atoms with Gasteiger partial charge in [-0.25, -0.2) is 0 Å². The number of carbonyl (C=O) groups excluding carboxylic acids is 2. The molecule has 1 saturated carbocycles. The van der Waals surface area contributed by atoms with Crippen LogP contribution >= 0.6 is 0 Å². The molecule has 2 saturated heterocycles. The first kappa shape index (κ1) is 16.7. The van der Waals surface area contributed by atoms with Crippen LogP contribution in [-0.2, 0) is 9.59 Å². The zero-order chi connectivity index (χ0) is 16.4. The van der Waals surface area contributed by atoms with Gasteiger partial charge in [0.05, 0.1) is 5.92 Å². The van der Waals surface area contributed by atoms with E-state index in [1.165, 1.54) is 6.42 Å². The number of hydrogen-bond donors (Lipinski definition) is 2. The second kappa shape index (κ2) is 7.18. The Morgan fingerprint density at radius 2 is 2.17 bits per heavy atom. The molecule has 23 heavy (non-hydrogen) atoms. The van der Waals surface area contributed by atoms with Crippen molar-refractivity contribution < 1.29 is 9.59 Å². The average molecular weight is 322 g/mol. The van der Waals surface area contributed by atoms with Crippen molar-refractivity contribution in [1.82, 2.24) is 15.1 Å². The minimum Gasteiger partial charge on any atom is -0.352 e. The van der Waals surface area contributed by atoms with Gasteiger partial charge in [-0.3, -0.25) is 14.5 Å². The smallest absolute Gasteiger partial charge is 0.225 e. The van der Waals surface area contributed by atoms with Gasteiger partial charge in [0.1, 0.15) is 0 Å². The van der Waals surface area contributed by atoms with E-state index in [1.54, 1.807) is 0 Å². The minimum absolute atomic E-state index is 0.0157. The number of amides is 2. The fourth-order valence-corrected chi connectivity index (χ4v) is 4.07. The van der Waals surface area contributed by atoms with Crippen LogP contribution in [0.1, 0.15) is 39.0 Å². The molecule has 6 heteroatoms. The molecule has 2 amide bonds. The van der Waals surface area contributed by atoms with Gasteiger partial charge in [0.25, 0.3) is 0 Å². The third-order valence-electron chi connectivity index (χ3n) is 5.69. The molecule has 3 rings (SSSR count). The monoisotopic (exact) mass is 322 g/mol. The number of likely N-dealkylation sites (N-methyl/N-ethyl adjacent to an activating group) is 1. The molecule has 2 heterocycles. The summed E-state index contributed by atoms with van der Waals surface area (Å²) in [6, 6.07) is 0.561. The lowest BCUT2D eigenvalue weighted by molar-refractivity contribution is -0.129. The lowest BCUT2D eigenvalue weighted by atomic mass is 10.1. The van der Waals surface area contributed by atoms with E-state index in [4.69, 9.17) is 5.73 Å². The number of rotatable bonds is 7. The third-order valence-corrected chi connectivity index (χ3v) is 5.69. The van der Waals surface area contributed by atoms with Gasteiger partial charge in [-0.2, -0.15) is 0 Å². The predicted molar refractivity (Wildman–Crippen MR) is 88.7 cm³/mol. The number of likely N-dealkylation sites (tertiary alicyclic amines) is 2. The average Bonchev–Trinajstić information content (AvgIpc) is 3.19. The van der Waals surface area contributed by atoms with Gasteiger partial charge in [0.15, 0.2) is 0 Å². The number of hydrogen-bond acceptors (Lipinski definition) is 4. The molecular formula is C17H30N4O2. The molecule has 0 aromatic carbocycles. The van der Waals surface area contributed by atoms with Crippen molar-refractivity contribution in [2.45, 2.75) is 51.1 Å². The summed E-state index contributed by atoms with van der Waals surface area (Å²) in [6.45, 7) is 6.18. The van der Waals surface area contributed by atoms with Crippen LogP contribution in [0.5, 0.6) is 0 Å². The standard InChI is InChI=1S/C17H30N4O2/c1-2-20-7-3-4-14(20)11-21-10-13(8-16(21)22)17(23)19-15(9-18)12-5-6-12/h12-15H,2-11,18H2,1H3,(H,19,23). The molecule has 0 spiro atoms. The third kappa shape index (κ3) is 3.86. The normalized spacial score (nSPS) is 30.0. The van der Waals surface area contributed by atoms with Gasteiger partial charge in [0.2, 0.25) is 11.8 Å². The highest BCUT2D eigenvalue weighted by Crippen LogP contribution is 2.32. The van der Waals surface area contributed by atoms with Crippen molar-refractivity contribution in [2.24, 2.45) is 17.6 Å². The maximum absolute atomic E-state index is 12.4. The van der Waals surface area contributed by atoms with Crippen molar-refractivity contribution in [2.75, 3.05) is 32.7 Å². The minimum atomic E-state index is -0.202. The summed E-state index contributed by atoms with van der Waals surface area (Å²) in [6.07, 6.45) is 5.04. The molecule has 0 aromatic rings. The van der Waals surface area contributed by atoms with E-state index >= 15 is 0 Å². The van der Waals surface area contributed by atoms with Crippen LogP contribution in [0.25, 0.3) is 0 Å². The first-order valence-corrected chi connectivity index (χ1v) is 9.14. The van der Waals surface area contributed by atoms with Crippen LogP contribution in [0.2, 0.25) is 0 Å². The van der Waals surface area contributed by atoms with E-state index in [-0.39, 0.29) is 23.8 Å². The van der Waals surface area contributed by atoms with Gasteiger partial charge in [-0.05, 0) is 44.7 Å². The van der Waals surface area contributed by atoms with Crippen LogP contribution in [0.15, 0.2) is 0 Å². The van der Waals surface area contributed by atoms with E-state index < -0.39 is 0 Å². The number of nitrogens with two attached hydrogens (primary N) is 1. The maximum Gasteiger partial charge on any atom is 0.225 e. The molecule has 1 aliphatic carbocycles. The topological polar surface area (TPSA) is 78.7 Å². The summed E-state index contributed by atoms with van der Waals surface area (Å²) in [7, 11) is 0. The summed E-state index contributed by atoms with van der Waals surface area (Å²) in [5.41, 5.74) is 5.76. The van der Waals surface area contributed by atoms with Crippen molar-refractivity contribution >= 4 is 11.8 Å². The zero-order valence-corrected chi connectivity index (χ0v) is 14.2. The first-order valence-electron chi connectivity index (χ1n) is 9.14. The maximum atomic E-state index is 12.4. The Hall–Kier alpha value is -1.14. The van der Waals surface area contributed by atoms with Gasteiger partial charge in [-0.15, -0.1) is 0 Å². The Morgan fingerprint density at radius 3 is 2.83 bits per heavy atom. The zero-order valence-electron chi connectivity index (χ0n) is 14.2. The Labute approximate surface area is 138 Å². The van der Waals surface area contributed by atoms with Gasteiger partial charge in [0, 0.05) is 38.1 Å². The predicted octanol–water partition coefficient (Wildman–Crippen LogP) is 0.173. The van der Waals surface area contributed by atoms with Crippen LogP contribution < -0.4 is 11.1 Å². The van der Waals surface area contributed by atoms with Gasteiger partial charge < -0.3 is 16.0 Å². The van der Waals surface area contributed by atoms with E-state index in [1.807, 2.05) is 4.90 Å². The Kier molecular flexibility index (Phi) is 5.21. The van der Waals surface area contributed by atoms with Crippen LogP contribution in [0.3, 0.4) is 0 Å². The summed E-state index contributed by atoms with van der Waals surface area (Å²) in [5.74, 6) is 0.492. The van der Waals surface area contributed by atoms with E-state index in [0.717, 1.165) is 38.9 Å². The Morgan fingerprint density at radius 1 is 1.39 bits per heavy atom. The highest BCUT2D eigenvalue weighted by molar-refractivity contribution is 5.89. The van der Waals surface area contributed by atoms with Crippen LogP contribution in [0.4, 0.5) is 0 Å². The summed E-state index contributed by atoms with van der Waals surface area (Å²) < 4.78 is 0. The van der Waals surface area contributed by atoms with Crippen molar-refractivity contribution in [3.8, 4) is 0 Å². The fraction of sp³-hybridized carbons (Fsp3) is 0.882. The highest BCUT2D eigenvalue weighted by Gasteiger charge is 2.39. The second-order valence-corrected chi connectivity index (χ2v) is 7.31. The molecule has 0 bridgehead atoms. The van der Waals surface area contributed by atoms with Crippen molar-refractivity contribution in [1.29, 1.82) is 0 Å². The van der Waals surface area contributed by atoms with Gasteiger partial charge in [-0.1, -0.05) is 6.92 Å². The molecule has 3 atom stereocenters. The summed E-state index contributed by atoms with van der Waals surface area (Å²) in [5, 5.41) is 3.07. The molecule has 2 aliphatic heterocycles. The molecule has 6 nitrogen and oxygen atoms in total. The lowest BCUT2D eigenvalue weighted by Crippen LogP contribution is -2.45. The molecule has 130 valence electrons. The number of nitrogens with one attached hydrogen (secondary N) is 1. The van der Waals surface area contributed by atoms with Crippen molar-refractivity contribution in [3.05, 3.63) is 0 Å². The van der Waals surface area contributed by atoms with E-state index in [0.29, 0.717) is 31.5 Å². The van der Waals surface area contributed by atoms with Crippen molar-refractivity contribution in [3.63, 3.8) is 0 Å². The fourth-order valence-electron chi connectivity index (χ4n) is 4.07. The summed E-state index contributed by atoms with van der Waals surface area (Å²) in [4.78, 5) is 29.1. The SMILES string of the molecule is CCN1CCCC1CN1CC(C(=O)NC(CN)C2CC2)CC1=O. The van der Waals surface area contributed by atoms with Crippen LogP contribution in [-0.4, -0.2) is 66.4 Å². The first-order chi connectivity index (χ1) is 11.1. The molecule has 3 unspecified atom stereocenters. The second-order valence-electron chi connectivity index (χ2n) is 7.31.